The number of thiophene rings is 1. The summed E-state index contributed by atoms with van der Waals surface area (Å²) in [7, 11) is 0. The van der Waals surface area contributed by atoms with Crippen molar-refractivity contribution in [3.63, 3.8) is 0 Å². The Morgan fingerprint density at radius 1 is 1.16 bits per heavy atom. The molecule has 0 aromatic carbocycles. The highest BCUT2D eigenvalue weighted by molar-refractivity contribution is 7.13. The molecule has 0 radical (unpaired) electrons. The molecule has 0 fully saturated rings. The van der Waals surface area contributed by atoms with Crippen LogP contribution in [0.4, 0.5) is 0 Å². The van der Waals surface area contributed by atoms with Crippen molar-refractivity contribution in [2.75, 3.05) is 13.1 Å². The van der Waals surface area contributed by atoms with Gasteiger partial charge in [0.05, 0.1) is 36.1 Å². The quantitative estimate of drug-likeness (QED) is 0.363. The van der Waals surface area contributed by atoms with Crippen LogP contribution in [-0.4, -0.2) is 44.1 Å². The van der Waals surface area contributed by atoms with Crippen LogP contribution in [0.15, 0.2) is 44.8 Å². The lowest BCUT2D eigenvalue weighted by atomic mass is 10.3. The highest BCUT2D eigenvalue weighted by atomic mass is 32.1. The number of carbonyl (C=O) groups excluding carboxylic acids is 1. The third-order valence-electron chi connectivity index (χ3n) is 4.63. The molecule has 0 spiro atoms. The summed E-state index contributed by atoms with van der Waals surface area (Å²) in [6.07, 6.45) is 4.23. The predicted molar refractivity (Wildman–Crippen MR) is 115 cm³/mol. The minimum absolute atomic E-state index is 0.192. The van der Waals surface area contributed by atoms with Crippen molar-refractivity contribution in [2.24, 2.45) is 0 Å². The summed E-state index contributed by atoms with van der Waals surface area (Å²) in [6.45, 7) is 6.10. The Morgan fingerprint density at radius 2 is 1.87 bits per heavy atom. The van der Waals surface area contributed by atoms with Crippen LogP contribution in [0.5, 0.6) is 0 Å². The SMILES string of the molecule is Cc1ncc(CN(CCCNC(=O)c2cc(-c3cccs3)[nH]n2)Cc2cnc(C)o2)o1. The molecule has 2 N–H and O–H groups in total. The van der Waals surface area contributed by atoms with Crippen LogP contribution >= 0.6 is 11.3 Å². The third-order valence-corrected chi connectivity index (χ3v) is 5.53. The van der Waals surface area contributed by atoms with Crippen LogP contribution in [0, 0.1) is 13.8 Å². The topological polar surface area (TPSA) is 113 Å². The first-order valence-corrected chi connectivity index (χ1v) is 10.9. The molecule has 0 atom stereocenters. The number of aryl methyl sites for hydroxylation is 2. The molecule has 0 aliphatic carbocycles. The molecule has 10 heteroatoms. The van der Waals surface area contributed by atoms with Gasteiger partial charge >= 0.3 is 0 Å². The number of nitrogens with zero attached hydrogens (tertiary/aromatic N) is 4. The number of hydrogen-bond acceptors (Lipinski definition) is 8. The van der Waals surface area contributed by atoms with E-state index in [4.69, 9.17) is 8.83 Å². The average Bonchev–Trinajstić information content (AvgIpc) is 3.53. The number of H-pyrrole nitrogens is 1. The lowest BCUT2D eigenvalue weighted by molar-refractivity contribution is 0.0945. The number of hydrogen-bond donors (Lipinski definition) is 2. The van der Waals surface area contributed by atoms with Gasteiger partial charge in [-0.15, -0.1) is 11.3 Å². The molecule has 162 valence electrons. The third kappa shape index (κ3) is 5.68. The number of aromatic nitrogens is 4. The molecule has 0 bridgehead atoms. The molecule has 4 heterocycles. The summed E-state index contributed by atoms with van der Waals surface area (Å²) in [5, 5.41) is 12.0. The van der Waals surface area contributed by atoms with Crippen molar-refractivity contribution in [1.29, 1.82) is 0 Å². The normalized spacial score (nSPS) is 11.3. The van der Waals surface area contributed by atoms with E-state index in [-0.39, 0.29) is 5.91 Å². The minimum Gasteiger partial charge on any atom is -0.445 e. The summed E-state index contributed by atoms with van der Waals surface area (Å²) in [6, 6.07) is 5.72. The standard InChI is InChI=1S/C21H24N6O3S/c1-14-23-10-16(29-14)12-27(13-17-11-24-15(2)30-17)7-4-6-22-21(28)19-9-18(25-26-19)20-5-3-8-31-20/h3,5,8-11H,4,6-7,12-13H2,1-2H3,(H,22,28)(H,25,26). The highest BCUT2D eigenvalue weighted by Crippen LogP contribution is 2.22. The molecule has 0 aliphatic rings. The Morgan fingerprint density at radius 3 is 2.45 bits per heavy atom. The Labute approximate surface area is 183 Å². The molecule has 0 saturated carbocycles. The van der Waals surface area contributed by atoms with Gasteiger partial charge in [0.2, 0.25) is 0 Å². The van der Waals surface area contributed by atoms with Gasteiger partial charge in [0.1, 0.15) is 11.5 Å². The van der Waals surface area contributed by atoms with Crippen molar-refractivity contribution in [2.45, 2.75) is 33.4 Å². The van der Waals surface area contributed by atoms with Crippen LogP contribution in [-0.2, 0) is 13.1 Å². The average molecular weight is 441 g/mol. The van der Waals surface area contributed by atoms with Gasteiger partial charge in [-0.05, 0) is 23.9 Å². The first-order chi connectivity index (χ1) is 15.1. The van der Waals surface area contributed by atoms with E-state index in [2.05, 4.69) is 30.4 Å². The van der Waals surface area contributed by atoms with Crippen molar-refractivity contribution in [1.82, 2.24) is 30.4 Å². The fourth-order valence-electron chi connectivity index (χ4n) is 3.20. The molecule has 31 heavy (non-hydrogen) atoms. The fourth-order valence-corrected chi connectivity index (χ4v) is 3.90. The van der Waals surface area contributed by atoms with Gasteiger partial charge in [-0.25, -0.2) is 9.97 Å². The molecule has 0 aliphatic heterocycles. The number of nitrogens with one attached hydrogen (secondary N) is 2. The molecule has 4 aromatic heterocycles. The smallest absolute Gasteiger partial charge is 0.271 e. The number of carbonyl (C=O) groups is 1. The maximum atomic E-state index is 12.4. The molecular weight excluding hydrogens is 416 g/mol. The molecular formula is C21H24N6O3S. The van der Waals surface area contributed by atoms with Gasteiger partial charge in [-0.3, -0.25) is 14.8 Å². The minimum atomic E-state index is -0.192. The van der Waals surface area contributed by atoms with E-state index in [0.29, 0.717) is 37.1 Å². The van der Waals surface area contributed by atoms with E-state index in [1.54, 1.807) is 29.8 Å². The van der Waals surface area contributed by atoms with Crippen LogP contribution in [0.25, 0.3) is 10.6 Å². The molecule has 1 amide bonds. The zero-order chi connectivity index (χ0) is 21.6. The van der Waals surface area contributed by atoms with Crippen LogP contribution < -0.4 is 5.32 Å². The van der Waals surface area contributed by atoms with E-state index in [0.717, 1.165) is 35.1 Å². The van der Waals surface area contributed by atoms with E-state index in [1.165, 1.54) is 0 Å². The van der Waals surface area contributed by atoms with Gasteiger partial charge in [0.25, 0.3) is 5.91 Å². The van der Waals surface area contributed by atoms with Crippen molar-refractivity contribution in [3.8, 4) is 10.6 Å². The highest BCUT2D eigenvalue weighted by Gasteiger charge is 2.14. The second-order valence-corrected chi connectivity index (χ2v) is 8.10. The second-order valence-electron chi connectivity index (χ2n) is 7.16. The van der Waals surface area contributed by atoms with E-state index in [9.17, 15) is 4.79 Å². The molecule has 0 unspecified atom stereocenters. The Kier molecular flexibility index (Phi) is 6.58. The number of aromatic amines is 1. The monoisotopic (exact) mass is 440 g/mol. The van der Waals surface area contributed by atoms with Crippen LogP contribution in [0.1, 0.15) is 40.2 Å². The Bertz CT molecular complexity index is 1070. The van der Waals surface area contributed by atoms with Crippen LogP contribution in [0.3, 0.4) is 0 Å². The summed E-state index contributed by atoms with van der Waals surface area (Å²) >= 11 is 1.60. The number of rotatable bonds is 10. The molecule has 4 aromatic rings. The Balaban J connectivity index is 1.29. The summed E-state index contributed by atoms with van der Waals surface area (Å²) in [4.78, 5) is 24.0. The zero-order valence-electron chi connectivity index (χ0n) is 17.4. The van der Waals surface area contributed by atoms with Crippen LogP contribution in [0.2, 0.25) is 0 Å². The maximum absolute atomic E-state index is 12.4. The fraction of sp³-hybridized carbons (Fsp3) is 0.333. The Hall–Kier alpha value is -3.24. The largest absolute Gasteiger partial charge is 0.445 e. The van der Waals surface area contributed by atoms with Gasteiger partial charge in [0, 0.05) is 26.9 Å². The first kappa shape index (κ1) is 21.0. The zero-order valence-corrected chi connectivity index (χ0v) is 18.2. The lowest BCUT2D eigenvalue weighted by Crippen LogP contribution is -2.29. The summed E-state index contributed by atoms with van der Waals surface area (Å²) in [5.41, 5.74) is 1.23. The second kappa shape index (κ2) is 9.71. The molecule has 9 nitrogen and oxygen atoms in total. The summed E-state index contributed by atoms with van der Waals surface area (Å²) in [5.74, 6) is 2.66. The van der Waals surface area contributed by atoms with Gasteiger partial charge in [0.15, 0.2) is 17.5 Å². The van der Waals surface area contributed by atoms with Crippen molar-refractivity contribution < 1.29 is 13.6 Å². The molecule has 4 rings (SSSR count). The van der Waals surface area contributed by atoms with E-state index in [1.807, 2.05) is 31.4 Å². The first-order valence-electron chi connectivity index (χ1n) is 9.99. The lowest BCUT2D eigenvalue weighted by Gasteiger charge is -2.19. The summed E-state index contributed by atoms with van der Waals surface area (Å²) < 4.78 is 11.2. The van der Waals surface area contributed by atoms with Gasteiger partial charge < -0.3 is 14.2 Å². The number of oxazole rings is 2. The van der Waals surface area contributed by atoms with Gasteiger partial charge in [-0.1, -0.05) is 6.07 Å². The predicted octanol–water partition coefficient (Wildman–Crippen LogP) is 3.55. The van der Waals surface area contributed by atoms with E-state index >= 15 is 0 Å². The van der Waals surface area contributed by atoms with E-state index < -0.39 is 0 Å². The van der Waals surface area contributed by atoms with Crippen molar-refractivity contribution in [3.05, 3.63) is 65.0 Å². The van der Waals surface area contributed by atoms with Crippen molar-refractivity contribution >= 4 is 17.2 Å². The molecule has 0 saturated heterocycles. The maximum Gasteiger partial charge on any atom is 0.271 e. The van der Waals surface area contributed by atoms with Gasteiger partial charge in [-0.2, -0.15) is 5.10 Å². The number of amides is 1.